The van der Waals surface area contributed by atoms with E-state index in [0.717, 1.165) is 18.5 Å². The number of pyridine rings is 1. The van der Waals surface area contributed by atoms with Crippen molar-refractivity contribution in [2.24, 2.45) is 5.92 Å². The summed E-state index contributed by atoms with van der Waals surface area (Å²) in [6, 6.07) is 9.69. The first-order valence-corrected chi connectivity index (χ1v) is 8.89. The van der Waals surface area contributed by atoms with E-state index in [2.05, 4.69) is 9.55 Å². The summed E-state index contributed by atoms with van der Waals surface area (Å²) < 4.78 is 2.06. The highest BCUT2D eigenvalue weighted by atomic mass is 16.2. The molecule has 1 aliphatic carbocycles. The van der Waals surface area contributed by atoms with Gasteiger partial charge in [0.1, 0.15) is 5.69 Å². The molecule has 5 rings (SSSR count). The van der Waals surface area contributed by atoms with E-state index in [1.807, 2.05) is 46.3 Å². The van der Waals surface area contributed by atoms with Crippen LogP contribution in [0.1, 0.15) is 35.1 Å². The normalized spacial score (nSPS) is 25.0. The molecule has 0 bridgehead atoms. The van der Waals surface area contributed by atoms with Crippen LogP contribution >= 0.6 is 0 Å². The molecule has 0 radical (unpaired) electrons. The molecule has 6 nitrogen and oxygen atoms in total. The SMILES string of the molecule is O=C(C1CC1)N1C[C@@H]2[C@H](C1)n1cccc1C(=O)N2Cc1ccccn1. The van der Waals surface area contributed by atoms with E-state index in [-0.39, 0.29) is 29.8 Å². The minimum atomic E-state index is 0.0112. The summed E-state index contributed by atoms with van der Waals surface area (Å²) in [7, 11) is 0. The van der Waals surface area contributed by atoms with Crippen molar-refractivity contribution in [1.29, 1.82) is 0 Å². The quantitative estimate of drug-likeness (QED) is 0.857. The highest BCUT2D eigenvalue weighted by Gasteiger charge is 2.48. The number of carbonyl (C=O) groups excluding carboxylic acids is 2. The average molecular weight is 336 g/mol. The summed E-state index contributed by atoms with van der Waals surface area (Å²) >= 11 is 0. The maximum absolute atomic E-state index is 13.0. The highest BCUT2D eigenvalue weighted by Crippen LogP contribution is 2.38. The summed E-state index contributed by atoms with van der Waals surface area (Å²) in [6.45, 7) is 1.79. The van der Waals surface area contributed by atoms with Crippen LogP contribution in [0, 0.1) is 5.92 Å². The van der Waals surface area contributed by atoms with Gasteiger partial charge in [-0.05, 0) is 37.1 Å². The van der Waals surface area contributed by atoms with Gasteiger partial charge in [0, 0.05) is 31.4 Å². The fraction of sp³-hybridized carbons (Fsp3) is 0.421. The molecular formula is C19H20N4O2. The first-order chi connectivity index (χ1) is 12.2. The minimum Gasteiger partial charge on any atom is -0.338 e. The zero-order valence-corrected chi connectivity index (χ0v) is 13.9. The molecule has 128 valence electrons. The van der Waals surface area contributed by atoms with E-state index < -0.39 is 0 Å². The van der Waals surface area contributed by atoms with Crippen molar-refractivity contribution in [3.8, 4) is 0 Å². The van der Waals surface area contributed by atoms with Crippen LogP contribution in [0.4, 0.5) is 0 Å². The Labute approximate surface area is 146 Å². The second-order valence-corrected chi connectivity index (χ2v) is 7.21. The van der Waals surface area contributed by atoms with E-state index in [0.29, 0.717) is 25.3 Å². The molecule has 3 aliphatic rings. The van der Waals surface area contributed by atoms with Crippen molar-refractivity contribution in [3.05, 3.63) is 54.1 Å². The zero-order chi connectivity index (χ0) is 17.0. The van der Waals surface area contributed by atoms with Gasteiger partial charge in [-0.25, -0.2) is 0 Å². The molecule has 0 spiro atoms. The molecule has 0 unspecified atom stereocenters. The Morgan fingerprint density at radius 1 is 1.12 bits per heavy atom. The van der Waals surface area contributed by atoms with Crippen LogP contribution in [-0.4, -0.2) is 50.3 Å². The van der Waals surface area contributed by atoms with E-state index in [4.69, 9.17) is 0 Å². The number of nitrogens with zero attached hydrogens (tertiary/aromatic N) is 4. The minimum absolute atomic E-state index is 0.0112. The van der Waals surface area contributed by atoms with E-state index in [1.165, 1.54) is 0 Å². The lowest BCUT2D eigenvalue weighted by Gasteiger charge is -2.37. The molecule has 2 aliphatic heterocycles. The molecule has 1 saturated carbocycles. The van der Waals surface area contributed by atoms with Gasteiger partial charge in [0.25, 0.3) is 5.91 Å². The van der Waals surface area contributed by atoms with Gasteiger partial charge in [-0.3, -0.25) is 14.6 Å². The maximum Gasteiger partial charge on any atom is 0.271 e. The Kier molecular flexibility index (Phi) is 3.20. The van der Waals surface area contributed by atoms with Gasteiger partial charge in [0.05, 0.1) is 24.3 Å². The molecule has 2 amide bonds. The molecule has 0 aromatic carbocycles. The maximum atomic E-state index is 13.0. The van der Waals surface area contributed by atoms with E-state index in [1.54, 1.807) is 6.20 Å². The standard InChI is InChI=1S/C19H20N4O2/c24-18(13-6-7-13)21-11-16-17(12-21)23(10-14-4-1-2-8-20-14)19(25)15-5-3-9-22(15)16/h1-5,8-9,13,16-17H,6-7,10-12H2/t16-,17+/m0/s1. The first kappa shape index (κ1) is 14.7. The Morgan fingerprint density at radius 2 is 1.96 bits per heavy atom. The zero-order valence-electron chi connectivity index (χ0n) is 13.9. The Morgan fingerprint density at radius 3 is 2.72 bits per heavy atom. The van der Waals surface area contributed by atoms with Crippen molar-refractivity contribution in [2.45, 2.75) is 31.5 Å². The molecule has 6 heteroatoms. The van der Waals surface area contributed by atoms with Crippen LogP contribution in [0.2, 0.25) is 0 Å². The smallest absolute Gasteiger partial charge is 0.271 e. The van der Waals surface area contributed by atoms with Crippen molar-refractivity contribution in [2.75, 3.05) is 13.1 Å². The molecule has 2 fully saturated rings. The van der Waals surface area contributed by atoms with Crippen LogP contribution in [0.3, 0.4) is 0 Å². The predicted octanol–water partition coefficient (Wildman–Crippen LogP) is 1.70. The topological polar surface area (TPSA) is 58.4 Å². The van der Waals surface area contributed by atoms with Crippen LogP contribution in [0.5, 0.6) is 0 Å². The monoisotopic (exact) mass is 336 g/mol. The lowest BCUT2D eigenvalue weighted by Crippen LogP contribution is -2.50. The van der Waals surface area contributed by atoms with Gasteiger partial charge < -0.3 is 14.4 Å². The highest BCUT2D eigenvalue weighted by molar-refractivity contribution is 5.94. The predicted molar refractivity (Wildman–Crippen MR) is 90.7 cm³/mol. The third-order valence-corrected chi connectivity index (χ3v) is 5.57. The van der Waals surface area contributed by atoms with Crippen molar-refractivity contribution in [3.63, 3.8) is 0 Å². The van der Waals surface area contributed by atoms with Crippen molar-refractivity contribution in [1.82, 2.24) is 19.4 Å². The van der Waals surface area contributed by atoms with Crippen LogP contribution in [-0.2, 0) is 11.3 Å². The number of carbonyl (C=O) groups is 2. The molecule has 4 heterocycles. The molecule has 2 aromatic rings. The number of hydrogen-bond acceptors (Lipinski definition) is 3. The molecular weight excluding hydrogens is 316 g/mol. The third kappa shape index (κ3) is 2.35. The number of amides is 2. The summed E-state index contributed by atoms with van der Waals surface area (Å²) in [5.74, 6) is 0.496. The third-order valence-electron chi connectivity index (χ3n) is 5.57. The lowest BCUT2D eigenvalue weighted by molar-refractivity contribution is -0.131. The summed E-state index contributed by atoms with van der Waals surface area (Å²) in [5.41, 5.74) is 1.58. The second-order valence-electron chi connectivity index (χ2n) is 7.21. The van der Waals surface area contributed by atoms with Crippen LogP contribution in [0.15, 0.2) is 42.7 Å². The van der Waals surface area contributed by atoms with Crippen LogP contribution < -0.4 is 0 Å². The fourth-order valence-electron chi connectivity index (χ4n) is 4.13. The summed E-state index contributed by atoms with van der Waals surface area (Å²) in [6.07, 6.45) is 5.74. The van der Waals surface area contributed by atoms with Gasteiger partial charge in [0.2, 0.25) is 5.91 Å². The average Bonchev–Trinajstić information content (AvgIpc) is 3.19. The number of aromatic nitrogens is 2. The molecule has 0 N–H and O–H groups in total. The second kappa shape index (κ2) is 5.44. The van der Waals surface area contributed by atoms with Crippen molar-refractivity contribution < 1.29 is 9.59 Å². The largest absolute Gasteiger partial charge is 0.338 e. The molecule has 1 saturated heterocycles. The fourth-order valence-corrected chi connectivity index (χ4v) is 4.13. The number of likely N-dealkylation sites (tertiary alicyclic amines) is 1. The van der Waals surface area contributed by atoms with Gasteiger partial charge >= 0.3 is 0 Å². The molecule has 2 atom stereocenters. The number of fused-ring (bicyclic) bond motifs is 3. The summed E-state index contributed by atoms with van der Waals surface area (Å²) in [5, 5.41) is 0. The van der Waals surface area contributed by atoms with Gasteiger partial charge in [-0.2, -0.15) is 0 Å². The molecule has 25 heavy (non-hydrogen) atoms. The number of rotatable bonds is 3. The summed E-state index contributed by atoms with van der Waals surface area (Å²) in [4.78, 5) is 33.8. The Balaban J connectivity index is 1.48. The Hall–Kier alpha value is -2.63. The number of hydrogen-bond donors (Lipinski definition) is 0. The first-order valence-electron chi connectivity index (χ1n) is 8.89. The van der Waals surface area contributed by atoms with Crippen LogP contribution in [0.25, 0.3) is 0 Å². The van der Waals surface area contributed by atoms with Gasteiger partial charge in [-0.1, -0.05) is 6.07 Å². The van der Waals surface area contributed by atoms with E-state index in [9.17, 15) is 9.59 Å². The van der Waals surface area contributed by atoms with E-state index >= 15 is 0 Å². The lowest BCUT2D eigenvalue weighted by atomic mass is 10.1. The molecule has 2 aromatic heterocycles. The van der Waals surface area contributed by atoms with Gasteiger partial charge in [-0.15, -0.1) is 0 Å². The Bertz CT molecular complexity index is 827. The van der Waals surface area contributed by atoms with Gasteiger partial charge in [0.15, 0.2) is 0 Å². The van der Waals surface area contributed by atoms with Crippen molar-refractivity contribution >= 4 is 11.8 Å².